The van der Waals surface area contributed by atoms with Crippen molar-refractivity contribution in [1.82, 2.24) is 4.31 Å². The van der Waals surface area contributed by atoms with Gasteiger partial charge in [0.2, 0.25) is 10.0 Å². The van der Waals surface area contributed by atoms with Crippen LogP contribution in [0.4, 0.5) is 0 Å². The first-order valence-corrected chi connectivity index (χ1v) is 11.0. The maximum atomic E-state index is 12.9. The highest BCUT2D eigenvalue weighted by Gasteiger charge is 2.40. The Bertz CT molecular complexity index is 710. The Labute approximate surface area is 153 Å². The lowest BCUT2D eigenvalue weighted by Crippen LogP contribution is -2.44. The van der Waals surface area contributed by atoms with Gasteiger partial charge in [0.05, 0.1) is 11.8 Å². The predicted octanol–water partition coefficient (Wildman–Crippen LogP) is 4.75. The van der Waals surface area contributed by atoms with Crippen molar-refractivity contribution in [3.8, 4) is 5.75 Å². The summed E-state index contributed by atoms with van der Waals surface area (Å²) in [5, 5.41) is 0. The second-order valence-electron chi connectivity index (χ2n) is 7.77. The quantitative estimate of drug-likeness (QED) is 0.654. The van der Waals surface area contributed by atoms with Gasteiger partial charge in [0.1, 0.15) is 11.4 Å². The van der Waals surface area contributed by atoms with Crippen LogP contribution in [-0.4, -0.2) is 30.6 Å². The van der Waals surface area contributed by atoms with Gasteiger partial charge in [-0.25, -0.2) is 8.42 Å². The molecule has 0 N–H and O–H groups in total. The van der Waals surface area contributed by atoms with Crippen LogP contribution >= 0.6 is 0 Å². The Hall–Kier alpha value is -1.07. The molecule has 142 valence electrons. The normalized spacial score (nSPS) is 19.6. The van der Waals surface area contributed by atoms with Gasteiger partial charge in [-0.15, -0.1) is 0 Å². The molecular formula is C20H33NO3S. The third-order valence-electron chi connectivity index (χ3n) is 5.11. The summed E-state index contributed by atoms with van der Waals surface area (Å²) >= 11 is 0. The van der Waals surface area contributed by atoms with E-state index in [9.17, 15) is 8.42 Å². The maximum Gasteiger partial charge on any atom is 0.214 e. The van der Waals surface area contributed by atoms with Gasteiger partial charge in [-0.3, -0.25) is 0 Å². The summed E-state index contributed by atoms with van der Waals surface area (Å²) in [7, 11) is -3.28. The van der Waals surface area contributed by atoms with E-state index in [1.165, 1.54) is 11.1 Å². The van der Waals surface area contributed by atoms with E-state index in [0.717, 1.165) is 30.6 Å². The van der Waals surface area contributed by atoms with Crippen molar-refractivity contribution in [1.29, 1.82) is 0 Å². The van der Waals surface area contributed by atoms with Gasteiger partial charge in [-0.05, 0) is 58.2 Å². The molecule has 25 heavy (non-hydrogen) atoms. The first-order valence-electron chi connectivity index (χ1n) is 9.41. The van der Waals surface area contributed by atoms with E-state index in [1.807, 2.05) is 13.8 Å². The summed E-state index contributed by atoms with van der Waals surface area (Å²) in [5.41, 5.74) is 2.97. The first-order chi connectivity index (χ1) is 11.6. The number of unbranched alkanes of at least 4 members (excludes halogenated alkanes) is 2. The predicted molar refractivity (Wildman–Crippen MR) is 104 cm³/mol. The minimum absolute atomic E-state index is 0.136. The zero-order valence-electron chi connectivity index (χ0n) is 16.6. The molecule has 1 heterocycles. The van der Waals surface area contributed by atoms with Crippen molar-refractivity contribution in [2.75, 3.05) is 12.3 Å². The molecule has 0 fully saturated rings. The van der Waals surface area contributed by atoms with Crippen molar-refractivity contribution in [2.24, 2.45) is 0 Å². The summed E-state index contributed by atoms with van der Waals surface area (Å²) in [6, 6.07) is 4.02. The Morgan fingerprint density at radius 3 is 2.40 bits per heavy atom. The fourth-order valence-corrected chi connectivity index (χ4v) is 4.82. The molecule has 0 saturated heterocycles. The third kappa shape index (κ3) is 4.56. The number of aryl methyl sites for hydroxylation is 2. The summed E-state index contributed by atoms with van der Waals surface area (Å²) in [6.45, 7) is 12.7. The lowest BCUT2D eigenvalue weighted by Gasteiger charge is -2.42. The SMILES string of the molecule is CCCCCN(C1CC(C)(C)Oc2cc(C)c(C)cc21)S(=O)(=O)CC. The molecular weight excluding hydrogens is 334 g/mol. The van der Waals surface area contributed by atoms with Gasteiger partial charge < -0.3 is 4.74 Å². The Balaban J connectivity index is 2.51. The molecule has 1 aliphatic heterocycles. The standard InChI is InChI=1S/C20H33NO3S/c1-7-9-10-11-21(25(22,23)8-2)18-14-20(5,6)24-19-13-16(4)15(3)12-17(18)19/h12-13,18H,7-11,14H2,1-6H3. The van der Waals surface area contributed by atoms with Gasteiger partial charge in [-0.2, -0.15) is 4.31 Å². The molecule has 4 nitrogen and oxygen atoms in total. The molecule has 5 heteroatoms. The van der Waals surface area contributed by atoms with Crippen molar-refractivity contribution in [3.05, 3.63) is 28.8 Å². The Morgan fingerprint density at radius 2 is 1.80 bits per heavy atom. The molecule has 1 aromatic rings. The fourth-order valence-electron chi connectivity index (χ4n) is 3.50. The van der Waals surface area contributed by atoms with E-state index < -0.39 is 10.0 Å². The first kappa shape index (κ1) is 20.2. The van der Waals surface area contributed by atoms with Crippen LogP contribution in [-0.2, 0) is 10.0 Å². The number of benzene rings is 1. The van der Waals surface area contributed by atoms with Crippen LogP contribution < -0.4 is 4.74 Å². The van der Waals surface area contributed by atoms with E-state index in [1.54, 1.807) is 11.2 Å². The summed E-state index contributed by atoms with van der Waals surface area (Å²) < 4.78 is 33.6. The Morgan fingerprint density at radius 1 is 1.16 bits per heavy atom. The van der Waals surface area contributed by atoms with E-state index in [0.29, 0.717) is 13.0 Å². The lowest BCUT2D eigenvalue weighted by atomic mass is 9.88. The van der Waals surface area contributed by atoms with Crippen LogP contribution in [0.15, 0.2) is 12.1 Å². The van der Waals surface area contributed by atoms with Crippen LogP contribution in [0, 0.1) is 13.8 Å². The zero-order chi connectivity index (χ0) is 18.8. The van der Waals surface area contributed by atoms with Crippen molar-refractivity contribution < 1.29 is 13.2 Å². The van der Waals surface area contributed by atoms with Gasteiger partial charge in [0.15, 0.2) is 0 Å². The van der Waals surface area contributed by atoms with E-state index in [4.69, 9.17) is 4.74 Å². The van der Waals surface area contributed by atoms with Crippen molar-refractivity contribution in [2.45, 2.75) is 78.9 Å². The number of hydrogen-bond acceptors (Lipinski definition) is 3. The van der Waals surface area contributed by atoms with Gasteiger partial charge in [-0.1, -0.05) is 25.8 Å². The van der Waals surface area contributed by atoms with Crippen molar-refractivity contribution >= 4 is 10.0 Å². The molecule has 1 atom stereocenters. The molecule has 0 spiro atoms. The number of fused-ring (bicyclic) bond motifs is 1. The van der Waals surface area contributed by atoms with E-state index >= 15 is 0 Å². The van der Waals surface area contributed by atoms with Crippen LogP contribution in [0.1, 0.15) is 76.1 Å². The topological polar surface area (TPSA) is 46.6 Å². The van der Waals surface area contributed by atoms with Gasteiger partial charge >= 0.3 is 0 Å². The molecule has 0 bridgehead atoms. The number of nitrogens with zero attached hydrogens (tertiary/aromatic N) is 1. The zero-order valence-corrected chi connectivity index (χ0v) is 17.4. The monoisotopic (exact) mass is 367 g/mol. The average Bonchev–Trinajstić information content (AvgIpc) is 2.52. The molecule has 0 saturated carbocycles. The van der Waals surface area contributed by atoms with E-state index in [2.05, 4.69) is 32.9 Å². The molecule has 0 aliphatic carbocycles. The number of ether oxygens (including phenoxy) is 1. The van der Waals surface area contributed by atoms with Gasteiger partial charge in [0, 0.05) is 18.5 Å². The molecule has 0 radical (unpaired) electrons. The number of hydrogen-bond donors (Lipinski definition) is 0. The minimum Gasteiger partial charge on any atom is -0.487 e. The van der Waals surface area contributed by atoms with Crippen LogP contribution in [0.25, 0.3) is 0 Å². The Kier molecular flexibility index (Phi) is 6.21. The highest BCUT2D eigenvalue weighted by molar-refractivity contribution is 7.89. The second-order valence-corrected chi connectivity index (χ2v) is 9.98. The van der Waals surface area contributed by atoms with Crippen molar-refractivity contribution in [3.63, 3.8) is 0 Å². The third-order valence-corrected chi connectivity index (χ3v) is 6.99. The van der Waals surface area contributed by atoms with Crippen LogP contribution in [0.2, 0.25) is 0 Å². The van der Waals surface area contributed by atoms with E-state index in [-0.39, 0.29) is 17.4 Å². The largest absolute Gasteiger partial charge is 0.487 e. The van der Waals surface area contributed by atoms with Gasteiger partial charge in [0.25, 0.3) is 0 Å². The fraction of sp³-hybridized carbons (Fsp3) is 0.700. The molecule has 0 amide bonds. The summed E-state index contributed by atoms with van der Waals surface area (Å²) in [4.78, 5) is 0. The molecule has 2 rings (SSSR count). The van der Waals surface area contributed by atoms with Crippen LogP contribution in [0.5, 0.6) is 5.75 Å². The number of sulfonamides is 1. The summed E-state index contributed by atoms with van der Waals surface area (Å²) in [6.07, 6.45) is 3.69. The van der Waals surface area contributed by atoms with Crippen LogP contribution in [0.3, 0.4) is 0 Å². The molecule has 1 unspecified atom stereocenters. The average molecular weight is 368 g/mol. The highest BCUT2D eigenvalue weighted by atomic mass is 32.2. The molecule has 0 aromatic heterocycles. The minimum atomic E-state index is -3.28. The molecule has 1 aliphatic rings. The molecule has 1 aromatic carbocycles. The smallest absolute Gasteiger partial charge is 0.214 e. The summed E-state index contributed by atoms with van der Waals surface area (Å²) in [5.74, 6) is 0.966. The lowest BCUT2D eigenvalue weighted by molar-refractivity contribution is 0.0499. The number of rotatable bonds is 7. The highest BCUT2D eigenvalue weighted by Crippen LogP contribution is 2.44. The maximum absolute atomic E-state index is 12.9. The second kappa shape index (κ2) is 7.67.